The van der Waals surface area contributed by atoms with E-state index in [1.54, 1.807) is 14.2 Å². The van der Waals surface area contributed by atoms with Crippen LogP contribution in [0.25, 0.3) is 21.8 Å². The Morgan fingerprint density at radius 2 is 1.45 bits per heavy atom. The number of nitrogens with one attached hydrogen (secondary N) is 3. The van der Waals surface area contributed by atoms with E-state index < -0.39 is 0 Å². The fourth-order valence-corrected chi connectivity index (χ4v) is 4.39. The van der Waals surface area contributed by atoms with Crippen LogP contribution in [-0.2, 0) is 0 Å². The highest BCUT2D eigenvalue weighted by Gasteiger charge is 2.12. The number of fused-ring (bicyclic) bond motifs is 2. The summed E-state index contributed by atoms with van der Waals surface area (Å²) in [6, 6.07) is 19.2. The number of hydrogen-bond donors (Lipinski definition) is 3. The molecule has 40 heavy (non-hydrogen) atoms. The Balaban J connectivity index is 1.28. The minimum Gasteiger partial charge on any atom is -0.497 e. The normalized spacial score (nSPS) is 10.9. The molecule has 5 rings (SSSR count). The molecule has 0 atom stereocenters. The highest BCUT2D eigenvalue weighted by Crippen LogP contribution is 2.34. The Hall–Kier alpha value is -4.57. The molecule has 3 aromatic carbocycles. The van der Waals surface area contributed by atoms with Gasteiger partial charge in [-0.2, -0.15) is 15.0 Å². The third kappa shape index (κ3) is 6.18. The van der Waals surface area contributed by atoms with Crippen molar-refractivity contribution in [3.63, 3.8) is 0 Å². The second-order valence-corrected chi connectivity index (χ2v) is 9.71. The number of halogens is 1. The average molecular weight is 559 g/mol. The molecule has 0 spiro atoms. The first-order chi connectivity index (χ1) is 19.4. The van der Waals surface area contributed by atoms with E-state index in [0.717, 1.165) is 51.1 Å². The van der Waals surface area contributed by atoms with Crippen LogP contribution in [0.3, 0.4) is 0 Å². The summed E-state index contributed by atoms with van der Waals surface area (Å²) in [5.74, 6) is 3.05. The van der Waals surface area contributed by atoms with E-state index in [1.807, 2.05) is 79.7 Å². The first-order valence-corrected chi connectivity index (χ1v) is 13.2. The van der Waals surface area contributed by atoms with E-state index in [2.05, 4.69) is 30.9 Å². The average Bonchev–Trinajstić information content (AvgIpc) is 2.96. The molecule has 0 saturated carbocycles. The lowest BCUT2D eigenvalue weighted by Gasteiger charge is -2.15. The van der Waals surface area contributed by atoms with Crippen LogP contribution < -0.4 is 30.3 Å². The van der Waals surface area contributed by atoms with Gasteiger partial charge in [0.15, 0.2) is 0 Å². The Labute approximate surface area is 237 Å². The Morgan fingerprint density at radius 3 is 2.20 bits per heavy atom. The number of pyridine rings is 1. The van der Waals surface area contributed by atoms with E-state index in [0.29, 0.717) is 36.0 Å². The number of anilines is 5. The van der Waals surface area contributed by atoms with E-state index >= 15 is 0 Å². The first kappa shape index (κ1) is 27.0. The molecule has 3 N–H and O–H groups in total. The van der Waals surface area contributed by atoms with Gasteiger partial charge in [0.05, 0.1) is 30.9 Å². The van der Waals surface area contributed by atoms with Crippen molar-refractivity contribution >= 4 is 62.6 Å². The van der Waals surface area contributed by atoms with Crippen LogP contribution >= 0.6 is 11.6 Å². The zero-order valence-corrected chi connectivity index (χ0v) is 23.6. The number of nitrogens with zero attached hydrogens (tertiary/aromatic N) is 5. The van der Waals surface area contributed by atoms with Gasteiger partial charge in [-0.25, -0.2) is 4.98 Å². The number of benzene rings is 3. The molecule has 0 unspecified atom stereocenters. The Bertz CT molecular complexity index is 1630. The summed E-state index contributed by atoms with van der Waals surface area (Å²) in [5.41, 5.74) is 3.55. The van der Waals surface area contributed by atoms with Gasteiger partial charge in [-0.05, 0) is 67.1 Å². The van der Waals surface area contributed by atoms with Crippen molar-refractivity contribution in [1.29, 1.82) is 0 Å². The van der Waals surface area contributed by atoms with Crippen molar-refractivity contribution in [2.75, 3.05) is 62.3 Å². The highest BCUT2D eigenvalue weighted by atomic mass is 35.5. The van der Waals surface area contributed by atoms with Crippen molar-refractivity contribution in [2.45, 2.75) is 6.42 Å². The van der Waals surface area contributed by atoms with Gasteiger partial charge < -0.3 is 30.3 Å². The smallest absolute Gasteiger partial charge is 0.233 e. The molecule has 2 aromatic heterocycles. The van der Waals surface area contributed by atoms with Crippen molar-refractivity contribution in [1.82, 2.24) is 19.9 Å². The molecular formula is C29H31ClN8O2. The Morgan fingerprint density at radius 1 is 0.725 bits per heavy atom. The third-order valence-electron chi connectivity index (χ3n) is 6.25. The molecule has 0 aliphatic carbocycles. The minimum atomic E-state index is 0.451. The molecule has 0 bridgehead atoms. The first-order valence-electron chi connectivity index (χ1n) is 12.8. The predicted octanol–water partition coefficient (Wildman–Crippen LogP) is 5.97. The van der Waals surface area contributed by atoms with Gasteiger partial charge in [0.2, 0.25) is 17.8 Å². The summed E-state index contributed by atoms with van der Waals surface area (Å²) in [6.07, 6.45) is 0.813. The van der Waals surface area contributed by atoms with Crippen LogP contribution in [0.1, 0.15) is 6.42 Å². The molecule has 0 saturated heterocycles. The number of ether oxygens (including phenoxy) is 2. The molecule has 0 aliphatic heterocycles. The molecule has 206 valence electrons. The number of aromatic nitrogens is 4. The number of hydrogen-bond acceptors (Lipinski definition) is 10. The van der Waals surface area contributed by atoms with E-state index in [9.17, 15) is 0 Å². The number of methoxy groups -OCH3 is 2. The summed E-state index contributed by atoms with van der Waals surface area (Å²) in [6.45, 7) is 1.37. The van der Waals surface area contributed by atoms with Gasteiger partial charge in [0, 0.05) is 48.7 Å². The lowest BCUT2D eigenvalue weighted by molar-refractivity contribution is 0.415. The monoisotopic (exact) mass is 558 g/mol. The third-order valence-corrected chi connectivity index (χ3v) is 6.49. The summed E-state index contributed by atoms with van der Waals surface area (Å²) >= 11 is 6.26. The van der Waals surface area contributed by atoms with Crippen LogP contribution in [0.2, 0.25) is 5.02 Å². The van der Waals surface area contributed by atoms with Gasteiger partial charge in [-0.1, -0.05) is 11.6 Å². The summed E-state index contributed by atoms with van der Waals surface area (Å²) in [5, 5.41) is 12.8. The van der Waals surface area contributed by atoms with Crippen molar-refractivity contribution in [3.8, 4) is 11.5 Å². The fourth-order valence-electron chi connectivity index (χ4n) is 4.22. The lowest BCUT2D eigenvalue weighted by Crippen LogP contribution is -2.17. The SMILES string of the molecule is COc1ccc(Nc2nc(NCCCNc3c4ccc(Cl)cc4nc4ccc(OC)cc34)nc(N(C)C)n2)cc1. The molecule has 10 nitrogen and oxygen atoms in total. The molecular weight excluding hydrogens is 528 g/mol. The second-order valence-electron chi connectivity index (χ2n) is 9.27. The van der Waals surface area contributed by atoms with Gasteiger partial charge >= 0.3 is 0 Å². The summed E-state index contributed by atoms with van der Waals surface area (Å²) < 4.78 is 10.7. The largest absolute Gasteiger partial charge is 0.497 e. The number of rotatable bonds is 11. The maximum absolute atomic E-state index is 6.26. The van der Waals surface area contributed by atoms with Crippen molar-refractivity contribution in [3.05, 3.63) is 65.7 Å². The van der Waals surface area contributed by atoms with Gasteiger partial charge in [0.25, 0.3) is 0 Å². The van der Waals surface area contributed by atoms with E-state index in [-0.39, 0.29) is 0 Å². The highest BCUT2D eigenvalue weighted by molar-refractivity contribution is 6.31. The lowest BCUT2D eigenvalue weighted by atomic mass is 10.1. The topological polar surface area (TPSA) is 109 Å². The molecule has 0 amide bonds. The Kier molecular flexibility index (Phi) is 8.16. The molecule has 5 aromatic rings. The van der Waals surface area contributed by atoms with Crippen LogP contribution in [0, 0.1) is 0 Å². The van der Waals surface area contributed by atoms with Gasteiger partial charge in [0.1, 0.15) is 11.5 Å². The fraction of sp³-hybridized carbons (Fsp3) is 0.241. The zero-order chi connectivity index (χ0) is 28.1. The zero-order valence-electron chi connectivity index (χ0n) is 22.8. The molecule has 0 aliphatic rings. The second kappa shape index (κ2) is 12.1. The summed E-state index contributed by atoms with van der Waals surface area (Å²) in [7, 11) is 7.09. The summed E-state index contributed by atoms with van der Waals surface area (Å²) in [4.78, 5) is 20.3. The predicted molar refractivity (Wildman–Crippen MR) is 163 cm³/mol. The maximum Gasteiger partial charge on any atom is 0.233 e. The van der Waals surface area contributed by atoms with Gasteiger partial charge in [-0.15, -0.1) is 0 Å². The van der Waals surface area contributed by atoms with E-state index in [1.165, 1.54) is 0 Å². The minimum absolute atomic E-state index is 0.451. The van der Waals surface area contributed by atoms with Crippen molar-refractivity contribution < 1.29 is 9.47 Å². The maximum atomic E-state index is 6.26. The molecule has 2 heterocycles. The van der Waals surface area contributed by atoms with Crippen LogP contribution in [0.5, 0.6) is 11.5 Å². The van der Waals surface area contributed by atoms with Crippen LogP contribution in [0.4, 0.5) is 29.2 Å². The van der Waals surface area contributed by atoms with E-state index in [4.69, 9.17) is 26.1 Å². The molecule has 0 fully saturated rings. The van der Waals surface area contributed by atoms with Crippen LogP contribution in [0.15, 0.2) is 60.7 Å². The van der Waals surface area contributed by atoms with Crippen molar-refractivity contribution in [2.24, 2.45) is 0 Å². The van der Waals surface area contributed by atoms with Crippen LogP contribution in [-0.4, -0.2) is 61.3 Å². The standard InChI is InChI=1S/C29H31ClN8O2/c1-38(2)29-36-27(35-28(37-29)33-19-7-9-20(39-3)10-8-19)32-15-5-14-31-26-22-12-6-18(30)16-25(22)34-24-13-11-21(40-4)17-23(24)26/h6-13,16-17H,5,14-15H2,1-4H3,(H,31,34)(H2,32,33,35,36,37). The quantitative estimate of drug-likeness (QED) is 0.132. The van der Waals surface area contributed by atoms with Gasteiger partial charge in [-0.3, -0.25) is 0 Å². The molecule has 11 heteroatoms. The molecule has 0 radical (unpaired) electrons.